The van der Waals surface area contributed by atoms with Crippen LogP contribution in [-0.4, -0.2) is 19.2 Å². The molecule has 0 aliphatic rings. The van der Waals surface area contributed by atoms with Crippen LogP contribution in [0.25, 0.3) is 0 Å². The van der Waals surface area contributed by atoms with Gasteiger partial charge in [0.1, 0.15) is 6.61 Å². The Balaban J connectivity index is 0.000000255. The fraction of sp³-hybridized carbons (Fsp3) is 0.300. The van der Waals surface area contributed by atoms with Crippen molar-refractivity contribution in [1.82, 2.24) is 0 Å². The van der Waals surface area contributed by atoms with Crippen LogP contribution in [0.1, 0.15) is 5.56 Å². The fourth-order valence-electron chi connectivity index (χ4n) is 0.684. The second kappa shape index (κ2) is 9.61. The van der Waals surface area contributed by atoms with E-state index in [9.17, 15) is 9.90 Å². The zero-order chi connectivity index (χ0) is 10.6. The van der Waals surface area contributed by atoms with Gasteiger partial charge < -0.3 is 5.73 Å². The molecule has 0 heterocycles. The number of hydrogen-bond donors (Lipinski definition) is 1. The third-order valence-corrected chi connectivity index (χ3v) is 1.31. The lowest BCUT2D eigenvalue weighted by atomic mass is 10.2. The highest BCUT2D eigenvalue weighted by Gasteiger charge is 1.82. The second-order valence-corrected chi connectivity index (χ2v) is 2.39. The van der Waals surface area contributed by atoms with E-state index in [1.165, 1.54) is 6.08 Å². The highest BCUT2D eigenvalue weighted by atomic mass is 16.3. The van der Waals surface area contributed by atoms with Crippen molar-refractivity contribution in [3.63, 3.8) is 0 Å². The highest BCUT2D eigenvalue weighted by molar-refractivity contribution is 5.32. The molecule has 2 N–H and O–H groups in total. The van der Waals surface area contributed by atoms with Gasteiger partial charge in [-0.05, 0) is 5.56 Å². The van der Waals surface area contributed by atoms with Gasteiger partial charge in [-0.25, -0.2) is 14.9 Å². The molecule has 4 heteroatoms. The molecule has 0 saturated carbocycles. The molecule has 0 aliphatic heterocycles. The molecule has 0 bridgehead atoms. The maximum absolute atomic E-state index is 10.1. The summed E-state index contributed by atoms with van der Waals surface area (Å²) in [5.74, 6) is 0. The van der Waals surface area contributed by atoms with E-state index in [0.717, 1.165) is 5.56 Å². The monoisotopic (exact) mass is 193 g/mol. The smallest absolute Gasteiger partial charge is 0.234 e. The van der Waals surface area contributed by atoms with Crippen molar-refractivity contribution in [3.8, 4) is 0 Å². The second-order valence-electron chi connectivity index (χ2n) is 2.39. The fourth-order valence-corrected chi connectivity index (χ4v) is 0.684. The van der Waals surface area contributed by atoms with Gasteiger partial charge in [-0.15, -0.1) is 0 Å². The van der Waals surface area contributed by atoms with E-state index in [1.807, 2.05) is 30.3 Å². The van der Waals surface area contributed by atoms with Crippen LogP contribution in [0.3, 0.4) is 0 Å². The van der Waals surface area contributed by atoms with Crippen molar-refractivity contribution in [2.24, 2.45) is 10.7 Å². The topological polar surface area (TPSA) is 75.3 Å². The molecular formula is C10H13N2O2. The van der Waals surface area contributed by atoms with Crippen LogP contribution < -0.4 is 5.73 Å². The molecule has 0 amide bonds. The zero-order valence-electron chi connectivity index (χ0n) is 7.85. The van der Waals surface area contributed by atoms with Crippen molar-refractivity contribution < 1.29 is 9.90 Å². The number of aliphatic imine (C=N–C) groups is 1. The minimum Gasteiger partial charge on any atom is -0.329 e. The quantitative estimate of drug-likeness (QED) is 0.572. The Morgan fingerprint density at radius 3 is 2.21 bits per heavy atom. The summed E-state index contributed by atoms with van der Waals surface area (Å²) >= 11 is 0. The lowest BCUT2D eigenvalue weighted by Gasteiger charge is -1.87. The summed E-state index contributed by atoms with van der Waals surface area (Å²) in [6, 6.07) is 9.29. The van der Waals surface area contributed by atoms with Crippen LogP contribution in [0.15, 0.2) is 35.3 Å². The van der Waals surface area contributed by atoms with Gasteiger partial charge in [0.25, 0.3) is 0 Å². The Hall–Kier alpha value is -1.48. The molecule has 75 valence electrons. The van der Waals surface area contributed by atoms with Gasteiger partial charge in [0.2, 0.25) is 6.08 Å². The number of carbonyl (C=O) groups excluding carboxylic acids is 1. The van der Waals surface area contributed by atoms with Crippen molar-refractivity contribution in [2.45, 2.75) is 6.61 Å². The van der Waals surface area contributed by atoms with Crippen LogP contribution in [0, 0.1) is 0 Å². The molecule has 0 atom stereocenters. The van der Waals surface area contributed by atoms with Crippen LogP contribution in [0.2, 0.25) is 0 Å². The molecule has 0 saturated heterocycles. The Morgan fingerprint density at radius 1 is 1.29 bits per heavy atom. The summed E-state index contributed by atoms with van der Waals surface area (Å²) in [5, 5.41) is 10.1. The average molecular weight is 193 g/mol. The number of nitrogens with zero attached hydrogens (tertiary/aromatic N) is 1. The molecule has 1 rings (SSSR count). The predicted molar refractivity (Wildman–Crippen MR) is 52.9 cm³/mol. The third-order valence-electron chi connectivity index (χ3n) is 1.31. The molecule has 1 aromatic carbocycles. The number of benzene rings is 1. The van der Waals surface area contributed by atoms with E-state index in [-0.39, 0.29) is 6.61 Å². The number of hydrogen-bond acceptors (Lipinski definition) is 3. The van der Waals surface area contributed by atoms with Crippen molar-refractivity contribution in [2.75, 3.05) is 13.1 Å². The summed E-state index contributed by atoms with van der Waals surface area (Å²) in [6.45, 7) is 0.708. The third kappa shape index (κ3) is 7.18. The van der Waals surface area contributed by atoms with Crippen LogP contribution in [0.5, 0.6) is 0 Å². The summed E-state index contributed by atoms with van der Waals surface area (Å²) < 4.78 is 0. The van der Waals surface area contributed by atoms with E-state index in [0.29, 0.717) is 13.1 Å². The van der Waals surface area contributed by atoms with Crippen molar-refractivity contribution >= 4 is 6.08 Å². The standard InChI is InChI=1S/C7H7O.C3H6N2O/c8-6-7-4-2-1-3-5-7;4-1-2-5-3-6/h1-5H,6H2;1-2,4H2. The Kier molecular flexibility index (Phi) is 8.59. The summed E-state index contributed by atoms with van der Waals surface area (Å²) in [7, 11) is 0. The lowest BCUT2D eigenvalue weighted by Crippen LogP contribution is -2.01. The molecule has 4 nitrogen and oxygen atoms in total. The van der Waals surface area contributed by atoms with E-state index in [1.54, 1.807) is 0 Å². The van der Waals surface area contributed by atoms with E-state index < -0.39 is 0 Å². The number of isocyanates is 1. The molecule has 1 radical (unpaired) electrons. The SMILES string of the molecule is NCCN=C=O.[O]Cc1ccccc1. The van der Waals surface area contributed by atoms with Gasteiger partial charge in [-0.3, -0.25) is 0 Å². The first-order chi connectivity index (χ1) is 6.85. The Morgan fingerprint density at radius 2 is 1.93 bits per heavy atom. The molecule has 0 fully saturated rings. The van der Waals surface area contributed by atoms with Crippen molar-refractivity contribution in [3.05, 3.63) is 35.9 Å². The van der Waals surface area contributed by atoms with Crippen LogP contribution >= 0.6 is 0 Å². The number of rotatable bonds is 3. The molecular weight excluding hydrogens is 180 g/mol. The molecule has 0 aromatic heterocycles. The van der Waals surface area contributed by atoms with Crippen LogP contribution in [0.4, 0.5) is 0 Å². The minimum absolute atomic E-state index is 0.110. The van der Waals surface area contributed by atoms with Gasteiger partial charge in [-0.1, -0.05) is 30.3 Å². The van der Waals surface area contributed by atoms with Gasteiger partial charge in [0, 0.05) is 6.54 Å². The zero-order valence-corrected chi connectivity index (χ0v) is 7.85. The van der Waals surface area contributed by atoms with Gasteiger partial charge >= 0.3 is 0 Å². The van der Waals surface area contributed by atoms with Crippen LogP contribution in [-0.2, 0) is 16.5 Å². The summed E-state index contributed by atoms with van der Waals surface area (Å²) in [5.41, 5.74) is 5.80. The van der Waals surface area contributed by atoms with E-state index in [4.69, 9.17) is 5.73 Å². The maximum atomic E-state index is 10.1. The minimum atomic E-state index is -0.110. The molecule has 0 unspecified atom stereocenters. The van der Waals surface area contributed by atoms with Gasteiger partial charge in [-0.2, -0.15) is 0 Å². The molecule has 14 heavy (non-hydrogen) atoms. The Labute approximate surface area is 83.1 Å². The summed E-state index contributed by atoms with van der Waals surface area (Å²) in [4.78, 5) is 12.4. The molecule has 0 spiro atoms. The molecule has 0 aliphatic carbocycles. The highest BCUT2D eigenvalue weighted by Crippen LogP contribution is 1.95. The number of nitrogens with two attached hydrogens (primary N) is 1. The predicted octanol–water partition coefficient (Wildman–Crippen LogP) is 0.898. The largest absolute Gasteiger partial charge is 0.329 e. The first kappa shape index (κ1) is 12.5. The average Bonchev–Trinajstić information content (AvgIpc) is 2.28. The van der Waals surface area contributed by atoms with E-state index in [2.05, 4.69) is 4.99 Å². The van der Waals surface area contributed by atoms with E-state index >= 15 is 0 Å². The van der Waals surface area contributed by atoms with Crippen molar-refractivity contribution in [1.29, 1.82) is 0 Å². The van der Waals surface area contributed by atoms with Gasteiger partial charge in [0.15, 0.2) is 0 Å². The van der Waals surface area contributed by atoms with Gasteiger partial charge in [0.05, 0.1) is 6.54 Å². The summed E-state index contributed by atoms with van der Waals surface area (Å²) in [6.07, 6.45) is 1.36. The lowest BCUT2D eigenvalue weighted by molar-refractivity contribution is 0.177. The first-order valence-electron chi connectivity index (χ1n) is 4.21. The first-order valence-corrected chi connectivity index (χ1v) is 4.21. The molecule has 1 aromatic rings. The normalized spacial score (nSPS) is 8.14. The Bertz CT molecular complexity index is 269. The maximum Gasteiger partial charge on any atom is 0.234 e.